The molecule has 0 aromatic carbocycles. The largest absolute Gasteiger partial charge is 0.360 e. The standard InChI is InChI=1S/C12H17N3O4S/c1-8-12(9(2)19-13-8)20(17,18)14-5-6-15(10-3-4-10)11(16)7-14/h10H,3-7H2,1-2H3. The maximum Gasteiger partial charge on any atom is 0.249 e. The minimum atomic E-state index is -3.71. The SMILES string of the molecule is Cc1noc(C)c1S(=O)(=O)N1CCN(C2CC2)C(=O)C1. The first kappa shape index (κ1) is 13.6. The average molecular weight is 299 g/mol. The lowest BCUT2D eigenvalue weighted by Crippen LogP contribution is -2.52. The molecule has 1 aromatic rings. The molecule has 2 fully saturated rings. The number of sulfonamides is 1. The highest BCUT2D eigenvalue weighted by molar-refractivity contribution is 7.89. The molecule has 0 radical (unpaired) electrons. The monoisotopic (exact) mass is 299 g/mol. The Kier molecular flexibility index (Phi) is 3.09. The van der Waals surface area contributed by atoms with E-state index in [0.29, 0.717) is 24.8 Å². The van der Waals surface area contributed by atoms with Crippen molar-refractivity contribution in [3.63, 3.8) is 0 Å². The summed E-state index contributed by atoms with van der Waals surface area (Å²) in [4.78, 5) is 13.9. The fourth-order valence-electron chi connectivity index (χ4n) is 2.61. The van der Waals surface area contributed by atoms with E-state index in [1.165, 1.54) is 4.31 Å². The second kappa shape index (κ2) is 4.56. The molecule has 3 rings (SSSR count). The zero-order valence-electron chi connectivity index (χ0n) is 11.5. The zero-order chi connectivity index (χ0) is 14.5. The molecule has 0 N–H and O–H groups in total. The summed E-state index contributed by atoms with van der Waals surface area (Å²) in [5, 5.41) is 3.67. The molecule has 0 bridgehead atoms. The summed E-state index contributed by atoms with van der Waals surface area (Å²) in [7, 11) is -3.71. The third-order valence-electron chi connectivity index (χ3n) is 3.78. The number of aryl methyl sites for hydroxylation is 2. The molecule has 0 spiro atoms. The average Bonchev–Trinajstić information content (AvgIpc) is 3.15. The van der Waals surface area contributed by atoms with E-state index >= 15 is 0 Å². The van der Waals surface area contributed by atoms with E-state index in [-0.39, 0.29) is 23.1 Å². The molecule has 20 heavy (non-hydrogen) atoms. The van der Waals surface area contributed by atoms with Crippen LogP contribution in [-0.4, -0.2) is 54.4 Å². The minimum Gasteiger partial charge on any atom is -0.360 e. The highest BCUT2D eigenvalue weighted by Gasteiger charge is 2.40. The van der Waals surface area contributed by atoms with Crippen LogP contribution in [0.25, 0.3) is 0 Å². The Balaban J connectivity index is 1.84. The van der Waals surface area contributed by atoms with Gasteiger partial charge >= 0.3 is 0 Å². The lowest BCUT2D eigenvalue weighted by molar-refractivity contribution is -0.134. The van der Waals surface area contributed by atoms with E-state index in [1.807, 2.05) is 0 Å². The Morgan fingerprint density at radius 1 is 1.25 bits per heavy atom. The predicted molar refractivity (Wildman–Crippen MR) is 69.5 cm³/mol. The summed E-state index contributed by atoms with van der Waals surface area (Å²) in [6, 6.07) is 0.325. The van der Waals surface area contributed by atoms with Gasteiger partial charge in [-0.15, -0.1) is 0 Å². The van der Waals surface area contributed by atoms with E-state index in [1.54, 1.807) is 18.7 Å². The van der Waals surface area contributed by atoms with Gasteiger partial charge < -0.3 is 9.42 Å². The summed E-state index contributed by atoms with van der Waals surface area (Å²) in [6.45, 7) is 3.85. The number of carbonyl (C=O) groups is 1. The van der Waals surface area contributed by atoms with Crippen molar-refractivity contribution in [1.29, 1.82) is 0 Å². The summed E-state index contributed by atoms with van der Waals surface area (Å²) in [5.74, 6) is 0.147. The molecular formula is C12H17N3O4S. The normalized spacial score (nSPS) is 21.5. The van der Waals surface area contributed by atoms with Crippen molar-refractivity contribution in [2.24, 2.45) is 0 Å². The lowest BCUT2D eigenvalue weighted by atomic mass is 10.3. The summed E-state index contributed by atoms with van der Waals surface area (Å²) in [5.41, 5.74) is 0.333. The number of hydrogen-bond donors (Lipinski definition) is 0. The van der Waals surface area contributed by atoms with Crippen molar-refractivity contribution < 1.29 is 17.7 Å². The van der Waals surface area contributed by atoms with Crippen molar-refractivity contribution >= 4 is 15.9 Å². The molecule has 2 heterocycles. The van der Waals surface area contributed by atoms with Gasteiger partial charge in [0.1, 0.15) is 10.6 Å². The quantitative estimate of drug-likeness (QED) is 0.801. The molecule has 1 saturated carbocycles. The Morgan fingerprint density at radius 2 is 1.95 bits per heavy atom. The maximum absolute atomic E-state index is 12.6. The van der Waals surface area contributed by atoms with E-state index in [0.717, 1.165) is 12.8 Å². The number of piperazine rings is 1. The minimum absolute atomic E-state index is 0.0881. The van der Waals surface area contributed by atoms with Gasteiger partial charge in [0.2, 0.25) is 15.9 Å². The van der Waals surface area contributed by atoms with Gasteiger partial charge in [0.15, 0.2) is 5.76 Å². The third-order valence-corrected chi connectivity index (χ3v) is 5.87. The van der Waals surface area contributed by atoms with Gasteiger partial charge in [-0.25, -0.2) is 8.42 Å². The number of rotatable bonds is 3. The molecule has 0 atom stereocenters. The molecule has 8 heteroatoms. The Labute approximate surface area is 117 Å². The summed E-state index contributed by atoms with van der Waals surface area (Å²) in [6.07, 6.45) is 2.06. The van der Waals surface area contributed by atoms with Crippen molar-refractivity contribution in [3.8, 4) is 0 Å². The van der Waals surface area contributed by atoms with Crippen LogP contribution in [0.2, 0.25) is 0 Å². The van der Waals surface area contributed by atoms with Crippen LogP contribution >= 0.6 is 0 Å². The van der Waals surface area contributed by atoms with E-state index in [9.17, 15) is 13.2 Å². The summed E-state index contributed by atoms with van der Waals surface area (Å²) >= 11 is 0. The van der Waals surface area contributed by atoms with Crippen LogP contribution in [0, 0.1) is 13.8 Å². The van der Waals surface area contributed by atoms with Crippen LogP contribution < -0.4 is 0 Å². The fourth-order valence-corrected chi connectivity index (χ4v) is 4.29. The van der Waals surface area contributed by atoms with E-state index < -0.39 is 10.0 Å². The third kappa shape index (κ3) is 2.12. The number of hydrogen-bond acceptors (Lipinski definition) is 5. The van der Waals surface area contributed by atoms with Gasteiger partial charge in [0, 0.05) is 19.1 Å². The van der Waals surface area contributed by atoms with Crippen molar-refractivity contribution in [3.05, 3.63) is 11.5 Å². The van der Waals surface area contributed by atoms with Gasteiger partial charge in [-0.3, -0.25) is 4.79 Å². The first-order valence-corrected chi connectivity index (χ1v) is 8.08. The number of aromatic nitrogens is 1. The molecule has 1 aliphatic carbocycles. The highest BCUT2D eigenvalue weighted by atomic mass is 32.2. The zero-order valence-corrected chi connectivity index (χ0v) is 12.3. The first-order chi connectivity index (χ1) is 9.41. The number of carbonyl (C=O) groups excluding carboxylic acids is 1. The van der Waals surface area contributed by atoms with Crippen LogP contribution in [0.15, 0.2) is 9.42 Å². The fraction of sp³-hybridized carbons (Fsp3) is 0.667. The van der Waals surface area contributed by atoms with Gasteiger partial charge in [0.05, 0.1) is 6.54 Å². The molecule has 2 aliphatic rings. The molecule has 1 saturated heterocycles. The number of amides is 1. The molecule has 1 aromatic heterocycles. The first-order valence-electron chi connectivity index (χ1n) is 6.63. The number of nitrogens with zero attached hydrogens (tertiary/aromatic N) is 3. The lowest BCUT2D eigenvalue weighted by Gasteiger charge is -2.33. The van der Waals surface area contributed by atoms with Crippen LogP contribution in [0.1, 0.15) is 24.3 Å². The van der Waals surface area contributed by atoms with Crippen molar-refractivity contribution in [2.45, 2.75) is 37.6 Å². The Morgan fingerprint density at radius 3 is 2.45 bits per heavy atom. The van der Waals surface area contributed by atoms with E-state index in [2.05, 4.69) is 5.16 Å². The van der Waals surface area contributed by atoms with Gasteiger partial charge in [-0.05, 0) is 26.7 Å². The molecule has 7 nitrogen and oxygen atoms in total. The second-order valence-corrected chi connectivity index (χ2v) is 7.18. The Hall–Kier alpha value is -1.41. The molecule has 1 amide bonds. The van der Waals surface area contributed by atoms with E-state index in [4.69, 9.17) is 4.52 Å². The predicted octanol–water partition coefficient (Wildman–Crippen LogP) is 0.287. The highest BCUT2D eigenvalue weighted by Crippen LogP contribution is 2.30. The smallest absolute Gasteiger partial charge is 0.249 e. The van der Waals surface area contributed by atoms with Gasteiger partial charge in [0.25, 0.3) is 0 Å². The molecule has 1 aliphatic heterocycles. The molecule has 110 valence electrons. The second-order valence-electron chi connectivity index (χ2n) is 5.31. The molecule has 0 unspecified atom stereocenters. The van der Waals surface area contributed by atoms with Crippen molar-refractivity contribution in [2.75, 3.05) is 19.6 Å². The van der Waals surface area contributed by atoms with Gasteiger partial charge in [-0.1, -0.05) is 5.16 Å². The summed E-state index contributed by atoms with van der Waals surface area (Å²) < 4.78 is 31.3. The van der Waals surface area contributed by atoms with Crippen LogP contribution in [-0.2, 0) is 14.8 Å². The van der Waals surface area contributed by atoms with Crippen LogP contribution in [0.5, 0.6) is 0 Å². The van der Waals surface area contributed by atoms with Crippen LogP contribution in [0.4, 0.5) is 0 Å². The van der Waals surface area contributed by atoms with Crippen molar-refractivity contribution in [1.82, 2.24) is 14.4 Å². The van der Waals surface area contributed by atoms with Gasteiger partial charge in [-0.2, -0.15) is 4.31 Å². The Bertz CT molecular complexity index is 628. The maximum atomic E-state index is 12.6. The van der Waals surface area contributed by atoms with Crippen LogP contribution in [0.3, 0.4) is 0 Å². The molecular weight excluding hydrogens is 282 g/mol. The topological polar surface area (TPSA) is 83.7 Å².